The minimum atomic E-state index is -0.147. The van der Waals surface area contributed by atoms with E-state index in [2.05, 4.69) is 16.0 Å². The first-order valence-electron chi connectivity index (χ1n) is 8.81. The van der Waals surface area contributed by atoms with E-state index < -0.39 is 0 Å². The molecule has 2 aromatic heterocycles. The van der Waals surface area contributed by atoms with Crippen LogP contribution in [0, 0.1) is 6.07 Å². The van der Waals surface area contributed by atoms with Crippen LogP contribution in [-0.4, -0.2) is 39.6 Å². The molecule has 0 aliphatic heterocycles. The van der Waals surface area contributed by atoms with E-state index in [9.17, 15) is 9.90 Å². The molecule has 1 radical (unpaired) electrons. The molecule has 30 heavy (non-hydrogen) atoms. The van der Waals surface area contributed by atoms with Gasteiger partial charge < -0.3 is 19.1 Å². The minimum Gasteiger partial charge on any atom is -0.540 e. The Morgan fingerprint density at radius 1 is 1.13 bits per heavy atom. The average Bonchev–Trinajstić information content (AvgIpc) is 3.14. The predicted octanol–water partition coefficient (Wildman–Crippen LogP) is 3.86. The number of Topliss-reactive ketones (excluding diaryl/α,β-unsaturated/α-hetero) is 1. The molecule has 0 aliphatic rings. The van der Waals surface area contributed by atoms with Gasteiger partial charge in [0.05, 0.1) is 25.6 Å². The Labute approximate surface area is 189 Å². The number of carbonyl (C=O) groups excluding carboxylic acids is 1. The maximum atomic E-state index is 11.1. The maximum Gasteiger partial charge on any atom is 0.163 e. The van der Waals surface area contributed by atoms with E-state index in [1.807, 2.05) is 23.9 Å². The van der Waals surface area contributed by atoms with Crippen LogP contribution in [-0.2, 0) is 31.9 Å². The minimum absolute atomic E-state index is 0. The number of aliphatic hydroxyl groups excluding tert-OH is 1. The standard InChI is InChI=1S/C12H13N2O2.C10H11NO2.Ir/c1-14-7-6-13-12(14)10-5-4-9(15-2)8-11(10)16-3;1-7(12)10(8(2)13)9-3-5-11-6-4-9;/h4,6-8H,1-3H3;3-6,12H,1-2H3;/q-1;;/b;10-7+;. The quantitative estimate of drug-likeness (QED) is 0.278. The van der Waals surface area contributed by atoms with Crippen LogP contribution in [0.15, 0.2) is 54.8 Å². The molecule has 2 heterocycles. The molecule has 0 amide bonds. The molecule has 0 bridgehead atoms. The van der Waals surface area contributed by atoms with Crippen LogP contribution in [0.5, 0.6) is 11.5 Å². The third-order valence-corrected chi connectivity index (χ3v) is 4.06. The number of hydrogen-bond donors (Lipinski definition) is 1. The molecule has 3 aromatic rings. The van der Waals surface area contributed by atoms with Gasteiger partial charge in [0.15, 0.2) is 5.78 Å². The molecule has 3 rings (SSSR count). The van der Waals surface area contributed by atoms with Gasteiger partial charge in [-0.2, -0.15) is 0 Å². The van der Waals surface area contributed by atoms with E-state index in [-0.39, 0.29) is 31.6 Å². The Bertz CT molecular complexity index is 997. The Hall–Kier alpha value is -2.96. The van der Waals surface area contributed by atoms with Crippen molar-refractivity contribution in [2.45, 2.75) is 13.8 Å². The van der Waals surface area contributed by atoms with Crippen molar-refractivity contribution in [2.75, 3.05) is 14.2 Å². The first-order chi connectivity index (χ1) is 13.9. The number of nitrogens with zero attached hydrogens (tertiary/aromatic N) is 3. The van der Waals surface area contributed by atoms with Gasteiger partial charge in [-0.15, -0.1) is 12.1 Å². The van der Waals surface area contributed by atoms with Crippen LogP contribution in [0.3, 0.4) is 0 Å². The van der Waals surface area contributed by atoms with Crippen molar-refractivity contribution < 1.29 is 39.5 Å². The largest absolute Gasteiger partial charge is 0.540 e. The Balaban J connectivity index is 0.000000297. The molecular weight excluding hydrogens is 562 g/mol. The van der Waals surface area contributed by atoms with Gasteiger partial charge in [-0.05, 0) is 31.5 Å². The summed E-state index contributed by atoms with van der Waals surface area (Å²) in [7, 11) is 5.16. The van der Waals surface area contributed by atoms with Crippen molar-refractivity contribution in [1.82, 2.24) is 14.5 Å². The van der Waals surface area contributed by atoms with Crippen LogP contribution in [0.25, 0.3) is 17.0 Å². The topological polar surface area (TPSA) is 86.5 Å². The zero-order valence-electron chi connectivity index (χ0n) is 17.5. The van der Waals surface area contributed by atoms with Crippen LogP contribution in [0.4, 0.5) is 0 Å². The number of ketones is 1. The van der Waals surface area contributed by atoms with Crippen molar-refractivity contribution >= 4 is 11.4 Å². The second kappa shape index (κ2) is 11.9. The number of aromatic nitrogens is 3. The number of carbonyl (C=O) groups is 1. The second-order valence-corrected chi connectivity index (χ2v) is 6.10. The number of aryl methyl sites for hydroxylation is 1. The number of ether oxygens (including phenoxy) is 2. The molecule has 1 aromatic carbocycles. The van der Waals surface area contributed by atoms with Crippen molar-refractivity contribution in [2.24, 2.45) is 7.05 Å². The molecule has 0 atom stereocenters. The first kappa shape index (κ1) is 25.1. The molecule has 0 fully saturated rings. The van der Waals surface area contributed by atoms with Crippen LogP contribution >= 0.6 is 0 Å². The molecule has 0 unspecified atom stereocenters. The Morgan fingerprint density at radius 3 is 2.27 bits per heavy atom. The number of methoxy groups -OCH3 is 2. The number of allylic oxidation sites excluding steroid dienone is 2. The zero-order valence-corrected chi connectivity index (χ0v) is 19.9. The molecule has 0 saturated heterocycles. The van der Waals surface area contributed by atoms with Crippen LogP contribution < -0.4 is 9.47 Å². The van der Waals surface area contributed by atoms with E-state index in [0.29, 0.717) is 16.9 Å². The molecule has 0 aliphatic carbocycles. The van der Waals surface area contributed by atoms with Gasteiger partial charge in [0.25, 0.3) is 0 Å². The average molecular weight is 587 g/mol. The number of hydrogen-bond acceptors (Lipinski definition) is 6. The summed E-state index contributed by atoms with van der Waals surface area (Å²) < 4.78 is 12.3. The fourth-order valence-electron chi connectivity index (χ4n) is 2.70. The smallest absolute Gasteiger partial charge is 0.163 e. The number of imidazole rings is 1. The summed E-state index contributed by atoms with van der Waals surface area (Å²) in [5, 5.41) is 9.27. The number of rotatable bonds is 5. The van der Waals surface area contributed by atoms with Crippen molar-refractivity contribution in [3.8, 4) is 22.9 Å². The molecular formula is C22H24IrN3O4-. The molecule has 161 valence electrons. The fourth-order valence-corrected chi connectivity index (χ4v) is 2.70. The third kappa shape index (κ3) is 6.27. The summed E-state index contributed by atoms with van der Waals surface area (Å²) in [5.74, 6) is 2.13. The molecule has 7 nitrogen and oxygen atoms in total. The van der Waals surface area contributed by atoms with E-state index in [4.69, 9.17) is 9.47 Å². The Kier molecular flexibility index (Phi) is 9.95. The second-order valence-electron chi connectivity index (χ2n) is 6.10. The van der Waals surface area contributed by atoms with Crippen molar-refractivity contribution in [1.29, 1.82) is 0 Å². The van der Waals surface area contributed by atoms with E-state index >= 15 is 0 Å². The van der Waals surface area contributed by atoms with Gasteiger partial charge >= 0.3 is 0 Å². The van der Waals surface area contributed by atoms with Gasteiger partial charge in [-0.25, -0.2) is 0 Å². The summed E-state index contributed by atoms with van der Waals surface area (Å²) in [6.45, 7) is 2.92. The van der Waals surface area contributed by atoms with E-state index in [0.717, 1.165) is 17.1 Å². The first-order valence-corrected chi connectivity index (χ1v) is 8.81. The van der Waals surface area contributed by atoms with Gasteiger partial charge in [-0.1, -0.05) is 11.6 Å². The Morgan fingerprint density at radius 2 is 1.80 bits per heavy atom. The summed E-state index contributed by atoms with van der Waals surface area (Å²) in [4.78, 5) is 19.2. The fraction of sp³-hybridized carbons (Fsp3) is 0.227. The SMILES string of the molecule is CC(=O)/C(=C(/C)O)c1ccncc1.COc1c[c-]c(-c2nccn2C)c(OC)c1.[Ir]. The molecule has 8 heteroatoms. The molecule has 0 spiro atoms. The number of pyridine rings is 1. The zero-order chi connectivity index (χ0) is 21.4. The van der Waals surface area contributed by atoms with Gasteiger partial charge in [0, 0.05) is 63.4 Å². The summed E-state index contributed by atoms with van der Waals surface area (Å²) in [6, 6.07) is 10.1. The third-order valence-electron chi connectivity index (χ3n) is 4.06. The van der Waals surface area contributed by atoms with E-state index in [1.165, 1.54) is 13.8 Å². The van der Waals surface area contributed by atoms with E-state index in [1.54, 1.807) is 51.0 Å². The maximum absolute atomic E-state index is 11.1. The van der Waals surface area contributed by atoms with Crippen molar-refractivity contribution in [3.63, 3.8) is 0 Å². The molecule has 0 saturated carbocycles. The van der Waals surface area contributed by atoms with Crippen LogP contribution in [0.1, 0.15) is 19.4 Å². The van der Waals surface area contributed by atoms with Gasteiger partial charge in [0.1, 0.15) is 5.76 Å². The molecule has 1 N–H and O–H groups in total. The number of aliphatic hydroxyl groups is 1. The number of benzene rings is 1. The normalized spacial score (nSPS) is 10.7. The van der Waals surface area contributed by atoms with Crippen LogP contribution in [0.2, 0.25) is 0 Å². The summed E-state index contributed by atoms with van der Waals surface area (Å²) in [5.41, 5.74) is 1.88. The van der Waals surface area contributed by atoms with Gasteiger partial charge in [-0.3, -0.25) is 14.8 Å². The monoisotopic (exact) mass is 587 g/mol. The summed E-state index contributed by atoms with van der Waals surface area (Å²) >= 11 is 0. The summed E-state index contributed by atoms with van der Waals surface area (Å²) in [6.07, 6.45) is 6.79. The van der Waals surface area contributed by atoms with Gasteiger partial charge in [0.2, 0.25) is 0 Å². The van der Waals surface area contributed by atoms with Crippen molar-refractivity contribution in [3.05, 3.63) is 66.4 Å². The predicted molar refractivity (Wildman–Crippen MR) is 111 cm³/mol.